The van der Waals surface area contributed by atoms with Gasteiger partial charge in [-0.1, -0.05) is 60.3 Å². The highest BCUT2D eigenvalue weighted by Gasteiger charge is 2.19. The lowest BCUT2D eigenvalue weighted by Gasteiger charge is -2.11. The van der Waals surface area contributed by atoms with E-state index in [4.69, 9.17) is 0 Å². The fourth-order valence-electron chi connectivity index (χ4n) is 3.51. The van der Waals surface area contributed by atoms with Crippen molar-refractivity contribution >= 4 is 34.3 Å². The van der Waals surface area contributed by atoms with Crippen LogP contribution in [-0.2, 0) is 4.79 Å². The number of fused-ring (bicyclic) bond motifs is 1. The summed E-state index contributed by atoms with van der Waals surface area (Å²) >= 11 is 1.23. The lowest BCUT2D eigenvalue weighted by atomic mass is 10.2. The number of halogens is 1. The lowest BCUT2D eigenvalue weighted by Crippen LogP contribution is -2.15. The first-order chi connectivity index (χ1) is 16.2. The number of para-hydroxylation sites is 2. The molecule has 0 atom stereocenters. The highest BCUT2D eigenvalue weighted by molar-refractivity contribution is 7.99. The van der Waals surface area contributed by atoms with Crippen LogP contribution in [-0.4, -0.2) is 31.4 Å². The van der Waals surface area contributed by atoms with E-state index in [9.17, 15) is 9.18 Å². The smallest absolute Gasteiger partial charge is 0.234 e. The van der Waals surface area contributed by atoms with E-state index in [1.54, 1.807) is 29.0 Å². The molecule has 2 aromatic heterocycles. The minimum atomic E-state index is -0.389. The third-order valence-electron chi connectivity index (χ3n) is 5.00. The van der Waals surface area contributed by atoms with Gasteiger partial charge in [0.1, 0.15) is 5.82 Å². The van der Waals surface area contributed by atoms with Crippen molar-refractivity contribution in [3.63, 3.8) is 0 Å². The van der Waals surface area contributed by atoms with Crippen molar-refractivity contribution in [2.75, 3.05) is 11.1 Å². The van der Waals surface area contributed by atoms with Gasteiger partial charge in [0.2, 0.25) is 5.91 Å². The van der Waals surface area contributed by atoms with Gasteiger partial charge in [-0.2, -0.15) is 0 Å². The van der Waals surface area contributed by atoms with Crippen LogP contribution in [0.2, 0.25) is 0 Å². The molecule has 0 aliphatic heterocycles. The van der Waals surface area contributed by atoms with E-state index in [1.165, 1.54) is 17.8 Å². The van der Waals surface area contributed by atoms with Crippen molar-refractivity contribution in [2.24, 2.45) is 0 Å². The molecule has 6 nitrogen and oxygen atoms in total. The summed E-state index contributed by atoms with van der Waals surface area (Å²) in [5.41, 5.74) is 2.50. The molecule has 0 unspecified atom stereocenters. The quantitative estimate of drug-likeness (QED) is 0.349. The number of aromatic nitrogens is 4. The number of amides is 1. The Kier molecular flexibility index (Phi) is 5.82. The van der Waals surface area contributed by atoms with Gasteiger partial charge in [0, 0.05) is 17.3 Å². The van der Waals surface area contributed by atoms with E-state index in [0.717, 1.165) is 16.6 Å². The summed E-state index contributed by atoms with van der Waals surface area (Å²) < 4.78 is 16.3. The lowest BCUT2D eigenvalue weighted by molar-refractivity contribution is -0.113. The standard InChI is InChI=1S/C25H18FN5OS/c26-20-13-5-4-12-19(20)24-29-30-25(31(24)18-10-2-1-3-11-18)33-16-22(32)28-21-14-6-8-17-9-7-15-27-23(17)21/h1-15H,16H2,(H,28,32). The van der Waals surface area contributed by atoms with Gasteiger partial charge >= 0.3 is 0 Å². The minimum Gasteiger partial charge on any atom is -0.323 e. The second kappa shape index (κ2) is 9.22. The largest absolute Gasteiger partial charge is 0.323 e. The zero-order valence-electron chi connectivity index (χ0n) is 17.4. The van der Waals surface area contributed by atoms with Crippen molar-refractivity contribution in [3.8, 4) is 17.1 Å². The predicted octanol–water partition coefficient (Wildman–Crippen LogP) is 5.35. The molecule has 0 bridgehead atoms. The number of carbonyl (C=O) groups excluding carboxylic acids is 1. The summed E-state index contributed by atoms with van der Waals surface area (Å²) in [5.74, 6) is -0.112. The molecule has 0 saturated heterocycles. The van der Waals surface area contributed by atoms with E-state index >= 15 is 0 Å². The van der Waals surface area contributed by atoms with Crippen LogP contribution in [0.5, 0.6) is 0 Å². The van der Waals surface area contributed by atoms with Crippen LogP contribution >= 0.6 is 11.8 Å². The van der Waals surface area contributed by atoms with E-state index in [1.807, 2.05) is 60.7 Å². The number of benzene rings is 3. The average molecular weight is 456 g/mol. The zero-order valence-corrected chi connectivity index (χ0v) is 18.2. The molecule has 0 spiro atoms. The van der Waals surface area contributed by atoms with Gasteiger partial charge in [-0.15, -0.1) is 10.2 Å². The highest BCUT2D eigenvalue weighted by Crippen LogP contribution is 2.29. The van der Waals surface area contributed by atoms with E-state index in [0.29, 0.717) is 22.2 Å². The van der Waals surface area contributed by atoms with Crippen LogP contribution in [0.1, 0.15) is 0 Å². The molecule has 5 aromatic rings. The van der Waals surface area contributed by atoms with Gasteiger partial charge in [0.15, 0.2) is 11.0 Å². The molecule has 1 amide bonds. The van der Waals surface area contributed by atoms with Crippen molar-refractivity contribution in [3.05, 3.63) is 96.9 Å². The van der Waals surface area contributed by atoms with Crippen molar-refractivity contribution in [1.29, 1.82) is 0 Å². The Labute approximate surface area is 193 Å². The van der Waals surface area contributed by atoms with Crippen LogP contribution < -0.4 is 5.32 Å². The van der Waals surface area contributed by atoms with Gasteiger partial charge in [-0.3, -0.25) is 14.3 Å². The molecule has 0 aliphatic rings. The molecule has 162 valence electrons. The molecule has 3 aromatic carbocycles. The molecule has 1 N–H and O–H groups in total. The molecule has 0 saturated carbocycles. The maximum Gasteiger partial charge on any atom is 0.234 e. The number of hydrogen-bond acceptors (Lipinski definition) is 5. The number of hydrogen-bond donors (Lipinski definition) is 1. The van der Waals surface area contributed by atoms with Gasteiger partial charge in [0.05, 0.1) is 22.5 Å². The average Bonchev–Trinajstić information content (AvgIpc) is 3.27. The van der Waals surface area contributed by atoms with Gasteiger partial charge < -0.3 is 5.32 Å². The third-order valence-corrected chi connectivity index (χ3v) is 5.93. The Morgan fingerprint density at radius 3 is 2.55 bits per heavy atom. The van der Waals surface area contributed by atoms with Crippen LogP contribution in [0.15, 0.2) is 96.3 Å². The van der Waals surface area contributed by atoms with Gasteiger partial charge in [0.25, 0.3) is 0 Å². The van der Waals surface area contributed by atoms with E-state index in [2.05, 4.69) is 20.5 Å². The predicted molar refractivity (Wildman–Crippen MR) is 128 cm³/mol. The van der Waals surface area contributed by atoms with Crippen LogP contribution in [0.4, 0.5) is 10.1 Å². The number of carbonyl (C=O) groups is 1. The molecular formula is C25H18FN5OS. The molecule has 0 fully saturated rings. The SMILES string of the molecule is O=C(CSc1nnc(-c2ccccc2F)n1-c1ccccc1)Nc1cccc2cccnc12. The van der Waals surface area contributed by atoms with Crippen LogP contribution in [0.3, 0.4) is 0 Å². The van der Waals surface area contributed by atoms with Crippen molar-refractivity contribution < 1.29 is 9.18 Å². The second-order valence-electron chi connectivity index (χ2n) is 7.17. The first-order valence-electron chi connectivity index (χ1n) is 10.2. The fourth-order valence-corrected chi connectivity index (χ4v) is 4.26. The highest BCUT2D eigenvalue weighted by atomic mass is 32.2. The van der Waals surface area contributed by atoms with Crippen LogP contribution in [0.25, 0.3) is 28.0 Å². The molecule has 33 heavy (non-hydrogen) atoms. The number of nitrogens with one attached hydrogen (secondary N) is 1. The summed E-state index contributed by atoms with van der Waals surface area (Å²) in [6.07, 6.45) is 1.69. The maximum absolute atomic E-state index is 14.5. The number of rotatable bonds is 6. The normalized spacial score (nSPS) is 10.9. The second-order valence-corrected chi connectivity index (χ2v) is 8.12. The summed E-state index contributed by atoms with van der Waals surface area (Å²) in [6, 6.07) is 25.3. The topological polar surface area (TPSA) is 72.7 Å². The number of anilines is 1. The first-order valence-corrected chi connectivity index (χ1v) is 11.2. The molecular weight excluding hydrogens is 437 g/mol. The molecule has 2 heterocycles. The Morgan fingerprint density at radius 2 is 1.70 bits per heavy atom. The zero-order chi connectivity index (χ0) is 22.6. The van der Waals surface area contributed by atoms with E-state index in [-0.39, 0.29) is 17.5 Å². The molecule has 8 heteroatoms. The van der Waals surface area contributed by atoms with E-state index < -0.39 is 0 Å². The maximum atomic E-state index is 14.5. The van der Waals surface area contributed by atoms with Crippen LogP contribution in [0, 0.1) is 5.82 Å². The summed E-state index contributed by atoms with van der Waals surface area (Å²) in [5, 5.41) is 12.9. The Balaban J connectivity index is 1.42. The molecule has 0 aliphatic carbocycles. The number of nitrogens with zero attached hydrogens (tertiary/aromatic N) is 4. The minimum absolute atomic E-state index is 0.103. The molecule has 0 radical (unpaired) electrons. The van der Waals surface area contributed by atoms with Crippen molar-refractivity contribution in [2.45, 2.75) is 5.16 Å². The number of pyridine rings is 1. The first kappa shape index (κ1) is 20.8. The Bertz CT molecular complexity index is 1430. The van der Waals surface area contributed by atoms with Crippen molar-refractivity contribution in [1.82, 2.24) is 19.7 Å². The number of thioether (sulfide) groups is 1. The monoisotopic (exact) mass is 455 g/mol. The fraction of sp³-hybridized carbons (Fsp3) is 0.0400. The Morgan fingerprint density at radius 1 is 0.909 bits per heavy atom. The van der Waals surface area contributed by atoms with Gasteiger partial charge in [-0.25, -0.2) is 4.39 Å². The van der Waals surface area contributed by atoms with Gasteiger partial charge in [-0.05, 0) is 36.4 Å². The third kappa shape index (κ3) is 4.33. The summed E-state index contributed by atoms with van der Waals surface area (Å²) in [7, 11) is 0. The Hall–Kier alpha value is -4.04. The molecule has 5 rings (SSSR count). The summed E-state index contributed by atoms with van der Waals surface area (Å²) in [4.78, 5) is 17.1. The summed E-state index contributed by atoms with van der Waals surface area (Å²) in [6.45, 7) is 0.